The van der Waals surface area contributed by atoms with Crippen LogP contribution in [0.3, 0.4) is 0 Å². The lowest BCUT2D eigenvalue weighted by atomic mass is 10.1. The van der Waals surface area contributed by atoms with Gasteiger partial charge >= 0.3 is 5.97 Å². The SMILES string of the molecule is Cc1nc(CN2Cc3ccc(C(=O)O)cc3C2)oc1C. The van der Waals surface area contributed by atoms with E-state index < -0.39 is 5.97 Å². The lowest BCUT2D eigenvalue weighted by Gasteiger charge is -2.11. The Morgan fingerprint density at radius 2 is 2.10 bits per heavy atom. The first-order valence-corrected chi connectivity index (χ1v) is 6.53. The molecule has 20 heavy (non-hydrogen) atoms. The summed E-state index contributed by atoms with van der Waals surface area (Å²) in [6.45, 7) is 6.02. The van der Waals surface area contributed by atoms with Crippen molar-refractivity contribution in [3.63, 3.8) is 0 Å². The summed E-state index contributed by atoms with van der Waals surface area (Å²) in [5.41, 5.74) is 3.51. The molecule has 5 nitrogen and oxygen atoms in total. The minimum Gasteiger partial charge on any atom is -0.478 e. The molecule has 1 aromatic carbocycles. The molecule has 0 saturated carbocycles. The third kappa shape index (κ3) is 2.32. The highest BCUT2D eigenvalue weighted by Gasteiger charge is 2.22. The summed E-state index contributed by atoms with van der Waals surface area (Å²) >= 11 is 0. The summed E-state index contributed by atoms with van der Waals surface area (Å²) in [6.07, 6.45) is 0. The van der Waals surface area contributed by atoms with E-state index in [0.29, 0.717) is 18.0 Å². The molecule has 2 heterocycles. The summed E-state index contributed by atoms with van der Waals surface area (Å²) < 4.78 is 5.59. The van der Waals surface area contributed by atoms with Crippen LogP contribution >= 0.6 is 0 Å². The zero-order valence-corrected chi connectivity index (χ0v) is 11.5. The Morgan fingerprint density at radius 1 is 1.35 bits per heavy atom. The van der Waals surface area contributed by atoms with Gasteiger partial charge in [-0.15, -0.1) is 0 Å². The lowest BCUT2D eigenvalue weighted by molar-refractivity contribution is 0.0696. The van der Waals surface area contributed by atoms with Gasteiger partial charge in [0.05, 0.1) is 17.8 Å². The number of aromatic carboxylic acids is 1. The maximum atomic E-state index is 11.0. The van der Waals surface area contributed by atoms with E-state index in [1.807, 2.05) is 19.9 Å². The van der Waals surface area contributed by atoms with Crippen LogP contribution in [0.15, 0.2) is 22.6 Å². The van der Waals surface area contributed by atoms with Crippen molar-refractivity contribution in [2.24, 2.45) is 0 Å². The molecule has 5 heteroatoms. The lowest BCUT2D eigenvalue weighted by Crippen LogP contribution is -2.15. The van der Waals surface area contributed by atoms with Gasteiger partial charge in [0.25, 0.3) is 0 Å². The zero-order valence-electron chi connectivity index (χ0n) is 11.5. The average molecular weight is 272 g/mol. The van der Waals surface area contributed by atoms with Gasteiger partial charge in [-0.3, -0.25) is 4.90 Å². The number of carbonyl (C=O) groups is 1. The fourth-order valence-electron chi connectivity index (χ4n) is 2.51. The number of hydrogen-bond acceptors (Lipinski definition) is 4. The van der Waals surface area contributed by atoms with E-state index in [0.717, 1.165) is 30.1 Å². The van der Waals surface area contributed by atoms with E-state index in [4.69, 9.17) is 9.52 Å². The van der Waals surface area contributed by atoms with Crippen molar-refractivity contribution in [1.82, 2.24) is 9.88 Å². The first kappa shape index (κ1) is 12.9. The quantitative estimate of drug-likeness (QED) is 0.929. The summed E-state index contributed by atoms with van der Waals surface area (Å²) in [4.78, 5) is 17.6. The van der Waals surface area contributed by atoms with Crippen molar-refractivity contribution in [2.45, 2.75) is 33.5 Å². The van der Waals surface area contributed by atoms with Crippen molar-refractivity contribution in [2.75, 3.05) is 0 Å². The standard InChI is InChI=1S/C15H16N2O3/c1-9-10(2)20-14(16-9)8-17-6-12-4-3-11(15(18)19)5-13(12)7-17/h3-5H,6-8H2,1-2H3,(H,18,19). The van der Waals surface area contributed by atoms with Gasteiger partial charge in [0, 0.05) is 13.1 Å². The highest BCUT2D eigenvalue weighted by atomic mass is 16.4. The van der Waals surface area contributed by atoms with E-state index >= 15 is 0 Å². The molecule has 3 rings (SSSR count). The molecule has 0 spiro atoms. The number of nitrogens with zero attached hydrogens (tertiary/aromatic N) is 2. The molecule has 2 aromatic rings. The number of carboxylic acids is 1. The number of fused-ring (bicyclic) bond motifs is 1. The molecular formula is C15H16N2O3. The molecule has 1 aromatic heterocycles. The molecule has 1 aliphatic rings. The van der Waals surface area contributed by atoms with E-state index in [1.165, 1.54) is 5.56 Å². The van der Waals surface area contributed by atoms with Gasteiger partial charge in [-0.25, -0.2) is 9.78 Å². The second-order valence-corrected chi connectivity index (χ2v) is 5.18. The van der Waals surface area contributed by atoms with E-state index in [-0.39, 0.29) is 0 Å². The zero-order chi connectivity index (χ0) is 14.3. The third-order valence-corrected chi connectivity index (χ3v) is 3.67. The number of aryl methyl sites for hydroxylation is 2. The molecule has 0 bridgehead atoms. The highest BCUT2D eigenvalue weighted by Crippen LogP contribution is 2.25. The fourth-order valence-corrected chi connectivity index (χ4v) is 2.51. The normalized spacial score (nSPS) is 14.5. The summed E-state index contributed by atoms with van der Waals surface area (Å²) in [6, 6.07) is 5.30. The van der Waals surface area contributed by atoms with Crippen LogP contribution in [0.2, 0.25) is 0 Å². The predicted octanol–water partition coefficient (Wildman–Crippen LogP) is 2.51. The fraction of sp³-hybridized carbons (Fsp3) is 0.333. The molecule has 0 radical (unpaired) electrons. The summed E-state index contributed by atoms with van der Waals surface area (Å²) in [7, 11) is 0. The van der Waals surface area contributed by atoms with Crippen molar-refractivity contribution in [1.29, 1.82) is 0 Å². The number of hydrogen-bond donors (Lipinski definition) is 1. The smallest absolute Gasteiger partial charge is 0.335 e. The third-order valence-electron chi connectivity index (χ3n) is 3.67. The summed E-state index contributed by atoms with van der Waals surface area (Å²) in [5.74, 6) is 0.682. The second-order valence-electron chi connectivity index (χ2n) is 5.18. The van der Waals surface area contributed by atoms with Gasteiger partial charge in [-0.2, -0.15) is 0 Å². The van der Waals surface area contributed by atoms with Crippen molar-refractivity contribution < 1.29 is 14.3 Å². The first-order valence-electron chi connectivity index (χ1n) is 6.53. The molecule has 0 unspecified atom stereocenters. The molecule has 0 saturated heterocycles. The van der Waals surface area contributed by atoms with Gasteiger partial charge in [-0.05, 0) is 37.1 Å². The number of oxazole rings is 1. The topological polar surface area (TPSA) is 66.6 Å². The van der Waals surface area contributed by atoms with Crippen LogP contribution in [0.1, 0.15) is 38.8 Å². The molecule has 0 fully saturated rings. The minimum atomic E-state index is -0.884. The second kappa shape index (κ2) is 4.76. The Hall–Kier alpha value is -2.14. The highest BCUT2D eigenvalue weighted by molar-refractivity contribution is 5.87. The number of rotatable bonds is 3. The predicted molar refractivity (Wildman–Crippen MR) is 72.3 cm³/mol. The van der Waals surface area contributed by atoms with Crippen LogP contribution in [0.4, 0.5) is 0 Å². The van der Waals surface area contributed by atoms with Gasteiger partial charge in [-0.1, -0.05) is 6.07 Å². The number of carboxylic acid groups (broad SMARTS) is 1. The molecule has 0 aliphatic carbocycles. The van der Waals surface area contributed by atoms with Crippen LogP contribution in [0, 0.1) is 13.8 Å². The molecule has 1 aliphatic heterocycles. The molecule has 104 valence electrons. The Morgan fingerprint density at radius 3 is 2.75 bits per heavy atom. The van der Waals surface area contributed by atoms with Crippen LogP contribution in [0.25, 0.3) is 0 Å². The van der Waals surface area contributed by atoms with Gasteiger partial charge in [0.2, 0.25) is 5.89 Å². The maximum Gasteiger partial charge on any atom is 0.335 e. The van der Waals surface area contributed by atoms with Crippen LogP contribution in [-0.4, -0.2) is 21.0 Å². The van der Waals surface area contributed by atoms with Gasteiger partial charge < -0.3 is 9.52 Å². The molecule has 1 N–H and O–H groups in total. The van der Waals surface area contributed by atoms with E-state index in [1.54, 1.807) is 12.1 Å². The average Bonchev–Trinajstić information content (AvgIpc) is 2.92. The first-order chi connectivity index (χ1) is 9.52. The molecule has 0 amide bonds. The Balaban J connectivity index is 1.75. The van der Waals surface area contributed by atoms with Crippen molar-refractivity contribution >= 4 is 5.97 Å². The monoisotopic (exact) mass is 272 g/mol. The van der Waals surface area contributed by atoms with Gasteiger partial charge in [0.15, 0.2) is 0 Å². The van der Waals surface area contributed by atoms with Crippen molar-refractivity contribution in [3.8, 4) is 0 Å². The van der Waals surface area contributed by atoms with Crippen LogP contribution < -0.4 is 0 Å². The van der Waals surface area contributed by atoms with Crippen LogP contribution in [0.5, 0.6) is 0 Å². The van der Waals surface area contributed by atoms with Crippen LogP contribution in [-0.2, 0) is 19.6 Å². The number of benzene rings is 1. The van der Waals surface area contributed by atoms with E-state index in [9.17, 15) is 4.79 Å². The minimum absolute atomic E-state index is 0.341. The maximum absolute atomic E-state index is 11.0. The van der Waals surface area contributed by atoms with E-state index in [2.05, 4.69) is 9.88 Å². The Kier molecular flexibility index (Phi) is 3.06. The largest absolute Gasteiger partial charge is 0.478 e. The van der Waals surface area contributed by atoms with Gasteiger partial charge in [0.1, 0.15) is 5.76 Å². The Labute approximate surface area is 116 Å². The number of aromatic nitrogens is 1. The molecule has 0 atom stereocenters. The summed E-state index contributed by atoms with van der Waals surface area (Å²) in [5, 5.41) is 9.01. The molecular weight excluding hydrogens is 256 g/mol. The Bertz CT molecular complexity index is 656. The van der Waals surface area contributed by atoms with Crippen molar-refractivity contribution in [3.05, 3.63) is 52.2 Å².